The van der Waals surface area contributed by atoms with Crippen LogP contribution in [0.25, 0.3) is 10.6 Å². The summed E-state index contributed by atoms with van der Waals surface area (Å²) < 4.78 is 0. The lowest BCUT2D eigenvalue weighted by molar-refractivity contribution is -0.132. The Bertz CT molecular complexity index is 1130. The maximum Gasteiger partial charge on any atom is 0.255 e. The minimum absolute atomic E-state index is 0.00682. The average molecular weight is 495 g/mol. The molecule has 1 saturated heterocycles. The molecule has 1 aliphatic heterocycles. The molecule has 1 aliphatic rings. The number of aromatic nitrogens is 1. The van der Waals surface area contributed by atoms with Gasteiger partial charge < -0.3 is 9.80 Å². The van der Waals surface area contributed by atoms with E-state index in [4.69, 9.17) is 34.8 Å². The number of thiazole rings is 1. The van der Waals surface area contributed by atoms with Crippen LogP contribution in [0.1, 0.15) is 16.1 Å². The van der Waals surface area contributed by atoms with Crippen molar-refractivity contribution in [3.8, 4) is 10.6 Å². The van der Waals surface area contributed by atoms with Gasteiger partial charge in [-0.3, -0.25) is 9.59 Å². The molecule has 0 saturated carbocycles. The van der Waals surface area contributed by atoms with E-state index >= 15 is 0 Å². The van der Waals surface area contributed by atoms with Gasteiger partial charge in [0.2, 0.25) is 5.91 Å². The van der Waals surface area contributed by atoms with Crippen LogP contribution in [0, 0.1) is 0 Å². The third-order valence-electron chi connectivity index (χ3n) is 5.07. The second kappa shape index (κ2) is 9.57. The summed E-state index contributed by atoms with van der Waals surface area (Å²) in [5.41, 5.74) is 2.00. The van der Waals surface area contributed by atoms with E-state index in [0.717, 1.165) is 16.3 Å². The van der Waals surface area contributed by atoms with Gasteiger partial charge in [0, 0.05) is 42.1 Å². The van der Waals surface area contributed by atoms with Crippen molar-refractivity contribution in [1.29, 1.82) is 0 Å². The first-order chi connectivity index (χ1) is 14.9. The van der Waals surface area contributed by atoms with Crippen LogP contribution in [0.5, 0.6) is 0 Å². The Morgan fingerprint density at radius 2 is 1.65 bits per heavy atom. The van der Waals surface area contributed by atoms with E-state index < -0.39 is 0 Å². The molecule has 0 N–H and O–H groups in total. The number of nitrogens with zero attached hydrogens (tertiary/aromatic N) is 3. The normalized spacial score (nSPS) is 14.0. The van der Waals surface area contributed by atoms with E-state index in [1.165, 1.54) is 11.3 Å². The maximum absolute atomic E-state index is 12.7. The summed E-state index contributed by atoms with van der Waals surface area (Å²) in [7, 11) is 0. The van der Waals surface area contributed by atoms with Gasteiger partial charge in [-0.25, -0.2) is 4.98 Å². The fourth-order valence-electron chi connectivity index (χ4n) is 3.41. The van der Waals surface area contributed by atoms with Crippen LogP contribution in [0.3, 0.4) is 0 Å². The number of hydrogen-bond acceptors (Lipinski definition) is 4. The Morgan fingerprint density at radius 3 is 2.35 bits per heavy atom. The standard InChI is InChI=1S/C22H18Cl3N3O2S/c23-14-5-6-17(19(25)11-14)22(30)28-9-7-27(8-10-28)20(29)12-15-13-31-21(26-15)16-3-1-2-4-18(16)24/h1-6,11,13H,7-10,12H2. The molecule has 0 unspecified atom stereocenters. The second-order valence-corrected chi connectivity index (χ2v) is 9.21. The van der Waals surface area contributed by atoms with Crippen molar-refractivity contribution >= 4 is 58.0 Å². The molecule has 0 spiro atoms. The second-order valence-electron chi connectivity index (χ2n) is 7.10. The summed E-state index contributed by atoms with van der Waals surface area (Å²) in [4.78, 5) is 33.5. The predicted molar refractivity (Wildman–Crippen MR) is 125 cm³/mol. The van der Waals surface area contributed by atoms with Crippen molar-refractivity contribution in [1.82, 2.24) is 14.8 Å². The minimum Gasteiger partial charge on any atom is -0.339 e. The number of amides is 2. The molecule has 3 aromatic rings. The zero-order valence-corrected chi connectivity index (χ0v) is 19.4. The molecule has 1 fully saturated rings. The Kier molecular flexibility index (Phi) is 6.82. The topological polar surface area (TPSA) is 53.5 Å². The lowest BCUT2D eigenvalue weighted by atomic mass is 10.1. The van der Waals surface area contributed by atoms with E-state index in [1.807, 2.05) is 29.6 Å². The Balaban J connectivity index is 1.35. The summed E-state index contributed by atoms with van der Waals surface area (Å²) in [6.07, 6.45) is 0.220. The summed E-state index contributed by atoms with van der Waals surface area (Å²) in [6, 6.07) is 12.3. The first-order valence-electron chi connectivity index (χ1n) is 9.64. The van der Waals surface area contributed by atoms with Gasteiger partial charge in [0.05, 0.1) is 27.7 Å². The molecule has 2 aromatic carbocycles. The van der Waals surface area contributed by atoms with Gasteiger partial charge in [0.15, 0.2) is 0 Å². The largest absolute Gasteiger partial charge is 0.339 e. The molecule has 31 heavy (non-hydrogen) atoms. The number of halogens is 3. The van der Waals surface area contributed by atoms with Crippen LogP contribution in [-0.4, -0.2) is 52.8 Å². The molecule has 0 atom stereocenters. The molecule has 160 valence electrons. The van der Waals surface area contributed by atoms with Crippen LogP contribution >= 0.6 is 46.1 Å². The lowest BCUT2D eigenvalue weighted by Crippen LogP contribution is -2.51. The Hall–Kier alpha value is -2.12. The molecular weight excluding hydrogens is 477 g/mol. The van der Waals surface area contributed by atoms with Crippen molar-refractivity contribution in [2.75, 3.05) is 26.2 Å². The van der Waals surface area contributed by atoms with E-state index in [1.54, 1.807) is 28.0 Å². The van der Waals surface area contributed by atoms with Crippen molar-refractivity contribution in [2.24, 2.45) is 0 Å². The highest BCUT2D eigenvalue weighted by atomic mass is 35.5. The summed E-state index contributed by atoms with van der Waals surface area (Å²) in [6.45, 7) is 1.84. The van der Waals surface area contributed by atoms with Gasteiger partial charge in [0.1, 0.15) is 5.01 Å². The molecule has 4 rings (SSSR count). The van der Waals surface area contributed by atoms with E-state index in [-0.39, 0.29) is 18.2 Å². The van der Waals surface area contributed by atoms with E-state index in [2.05, 4.69) is 4.98 Å². The van der Waals surface area contributed by atoms with Crippen molar-refractivity contribution in [3.05, 3.63) is 74.2 Å². The first kappa shape index (κ1) is 22.1. The smallest absolute Gasteiger partial charge is 0.255 e. The monoisotopic (exact) mass is 493 g/mol. The van der Waals surface area contributed by atoms with Crippen molar-refractivity contribution in [2.45, 2.75) is 6.42 Å². The minimum atomic E-state index is -0.155. The van der Waals surface area contributed by atoms with Crippen LogP contribution in [-0.2, 0) is 11.2 Å². The average Bonchev–Trinajstić information content (AvgIpc) is 3.22. The fraction of sp³-hybridized carbons (Fsp3) is 0.227. The molecule has 5 nitrogen and oxygen atoms in total. The van der Waals surface area contributed by atoms with Crippen LogP contribution in [0.2, 0.25) is 15.1 Å². The van der Waals surface area contributed by atoms with Crippen molar-refractivity contribution < 1.29 is 9.59 Å². The molecule has 2 amide bonds. The van der Waals surface area contributed by atoms with Crippen LogP contribution in [0.15, 0.2) is 47.8 Å². The molecule has 0 bridgehead atoms. The lowest BCUT2D eigenvalue weighted by Gasteiger charge is -2.35. The zero-order chi connectivity index (χ0) is 22.0. The maximum atomic E-state index is 12.7. The fourth-order valence-corrected chi connectivity index (χ4v) is 5.03. The number of piperazine rings is 1. The zero-order valence-electron chi connectivity index (χ0n) is 16.4. The first-order valence-corrected chi connectivity index (χ1v) is 11.6. The van der Waals surface area contributed by atoms with Gasteiger partial charge in [-0.05, 0) is 24.3 Å². The third kappa shape index (κ3) is 5.04. The van der Waals surface area contributed by atoms with Gasteiger partial charge in [-0.15, -0.1) is 11.3 Å². The summed E-state index contributed by atoms with van der Waals surface area (Å²) >= 11 is 19.8. The van der Waals surface area contributed by atoms with Crippen LogP contribution < -0.4 is 0 Å². The molecule has 0 aliphatic carbocycles. The number of carbonyl (C=O) groups excluding carboxylic acids is 2. The van der Waals surface area contributed by atoms with Gasteiger partial charge in [-0.1, -0.05) is 53.0 Å². The Morgan fingerprint density at radius 1 is 0.935 bits per heavy atom. The predicted octanol–water partition coefficient (Wildman–Crippen LogP) is 5.30. The van der Waals surface area contributed by atoms with Gasteiger partial charge in [0.25, 0.3) is 5.91 Å². The van der Waals surface area contributed by atoms with E-state index in [0.29, 0.717) is 46.8 Å². The highest BCUT2D eigenvalue weighted by Crippen LogP contribution is 2.30. The molecule has 2 heterocycles. The third-order valence-corrected chi connectivity index (χ3v) is 6.87. The molecule has 1 aromatic heterocycles. The summed E-state index contributed by atoms with van der Waals surface area (Å²) in [5.74, 6) is -0.162. The molecular formula is C22H18Cl3N3O2S. The van der Waals surface area contributed by atoms with Crippen LogP contribution in [0.4, 0.5) is 0 Å². The Labute approximate surface area is 199 Å². The number of carbonyl (C=O) groups is 2. The van der Waals surface area contributed by atoms with E-state index in [9.17, 15) is 9.59 Å². The number of rotatable bonds is 4. The van der Waals surface area contributed by atoms with Gasteiger partial charge in [-0.2, -0.15) is 0 Å². The number of hydrogen-bond donors (Lipinski definition) is 0. The SMILES string of the molecule is O=C(Cc1csc(-c2ccccc2Cl)n1)N1CCN(C(=O)c2ccc(Cl)cc2Cl)CC1. The highest BCUT2D eigenvalue weighted by Gasteiger charge is 2.26. The molecule has 9 heteroatoms. The summed E-state index contributed by atoms with van der Waals surface area (Å²) in [5, 5.41) is 4.13. The highest BCUT2D eigenvalue weighted by molar-refractivity contribution is 7.13. The quantitative estimate of drug-likeness (QED) is 0.495. The molecule has 0 radical (unpaired) electrons. The number of benzene rings is 2. The van der Waals surface area contributed by atoms with Gasteiger partial charge >= 0.3 is 0 Å². The van der Waals surface area contributed by atoms with Crippen molar-refractivity contribution in [3.63, 3.8) is 0 Å².